The third kappa shape index (κ3) is 5.60. The monoisotopic (exact) mass is 245 g/mol. The molecule has 0 unspecified atom stereocenters. The maximum Gasteiger partial charge on any atom is 0.162 e. The fraction of sp³-hybridized carbons (Fsp3) is 0.500. The summed E-state index contributed by atoms with van der Waals surface area (Å²) in [5, 5.41) is 3.15. The van der Waals surface area contributed by atoms with Crippen molar-refractivity contribution in [3.8, 4) is 5.75 Å². The number of benzene rings is 1. The summed E-state index contributed by atoms with van der Waals surface area (Å²) < 4.78 is 35.6. The predicted molar refractivity (Wildman–Crippen MR) is 61.2 cm³/mol. The summed E-state index contributed by atoms with van der Waals surface area (Å²) >= 11 is 0. The number of hydrogen-bond donors (Lipinski definition) is 1. The molecular formula is C12H17F2NO2. The number of nitrogens with one attached hydrogen (secondary N) is 1. The number of ether oxygens (including phenoxy) is 2. The molecule has 96 valence electrons. The Morgan fingerprint density at radius 2 is 1.94 bits per heavy atom. The van der Waals surface area contributed by atoms with Crippen molar-refractivity contribution in [2.75, 3.05) is 33.4 Å². The molecule has 0 saturated heterocycles. The molecule has 0 spiro atoms. The molecule has 0 fully saturated rings. The molecule has 1 aromatic rings. The van der Waals surface area contributed by atoms with Crippen LogP contribution in [-0.2, 0) is 4.74 Å². The molecule has 0 amide bonds. The van der Waals surface area contributed by atoms with Crippen LogP contribution in [0.25, 0.3) is 0 Å². The lowest BCUT2D eigenvalue weighted by Crippen LogP contribution is -2.21. The van der Waals surface area contributed by atoms with Crippen LogP contribution in [0.15, 0.2) is 18.2 Å². The number of methoxy groups -OCH3 is 1. The Morgan fingerprint density at radius 1 is 1.12 bits per heavy atom. The van der Waals surface area contributed by atoms with Gasteiger partial charge in [-0.1, -0.05) is 0 Å². The van der Waals surface area contributed by atoms with Crippen molar-refractivity contribution in [2.45, 2.75) is 6.42 Å². The van der Waals surface area contributed by atoms with E-state index in [2.05, 4.69) is 5.32 Å². The molecule has 1 rings (SSSR count). The van der Waals surface area contributed by atoms with Crippen LogP contribution in [0.2, 0.25) is 0 Å². The van der Waals surface area contributed by atoms with Crippen LogP contribution in [0.5, 0.6) is 5.75 Å². The third-order valence-electron chi connectivity index (χ3n) is 2.14. The summed E-state index contributed by atoms with van der Waals surface area (Å²) in [6, 6.07) is 3.52. The van der Waals surface area contributed by atoms with Gasteiger partial charge in [0.15, 0.2) is 11.6 Å². The number of rotatable bonds is 8. The lowest BCUT2D eigenvalue weighted by Gasteiger charge is -2.07. The van der Waals surface area contributed by atoms with Crippen molar-refractivity contribution in [2.24, 2.45) is 0 Å². The second-order valence-electron chi connectivity index (χ2n) is 3.52. The van der Waals surface area contributed by atoms with Gasteiger partial charge in [0.05, 0.1) is 13.2 Å². The van der Waals surface area contributed by atoms with Crippen LogP contribution >= 0.6 is 0 Å². The van der Waals surface area contributed by atoms with Gasteiger partial charge in [-0.2, -0.15) is 0 Å². The third-order valence-corrected chi connectivity index (χ3v) is 2.14. The molecule has 3 nitrogen and oxygen atoms in total. The van der Waals surface area contributed by atoms with Gasteiger partial charge in [-0.25, -0.2) is 8.78 Å². The Hall–Kier alpha value is -1.20. The molecule has 0 aliphatic heterocycles. The van der Waals surface area contributed by atoms with E-state index in [1.165, 1.54) is 6.07 Å². The van der Waals surface area contributed by atoms with Crippen molar-refractivity contribution in [1.29, 1.82) is 0 Å². The minimum Gasteiger partial charge on any atom is -0.493 e. The SMILES string of the molecule is COCCNCCCOc1ccc(F)c(F)c1. The topological polar surface area (TPSA) is 30.5 Å². The lowest BCUT2D eigenvalue weighted by atomic mass is 10.3. The van der Waals surface area contributed by atoms with E-state index in [1.807, 2.05) is 0 Å². The fourth-order valence-electron chi connectivity index (χ4n) is 1.25. The average molecular weight is 245 g/mol. The van der Waals surface area contributed by atoms with Gasteiger partial charge in [0, 0.05) is 19.7 Å². The summed E-state index contributed by atoms with van der Waals surface area (Å²) in [6.45, 7) is 2.73. The number of halogens is 2. The minimum absolute atomic E-state index is 0.348. The van der Waals surface area contributed by atoms with Crippen LogP contribution in [0.1, 0.15) is 6.42 Å². The molecule has 1 N–H and O–H groups in total. The van der Waals surface area contributed by atoms with Crippen molar-refractivity contribution in [3.05, 3.63) is 29.8 Å². The first-order valence-electron chi connectivity index (χ1n) is 5.51. The summed E-state index contributed by atoms with van der Waals surface area (Å²) in [5.41, 5.74) is 0. The zero-order valence-electron chi connectivity index (χ0n) is 9.84. The van der Waals surface area contributed by atoms with Gasteiger partial charge < -0.3 is 14.8 Å². The van der Waals surface area contributed by atoms with Crippen molar-refractivity contribution in [3.63, 3.8) is 0 Å². The maximum absolute atomic E-state index is 12.8. The molecule has 0 radical (unpaired) electrons. The second-order valence-corrected chi connectivity index (χ2v) is 3.52. The van der Waals surface area contributed by atoms with Gasteiger partial charge >= 0.3 is 0 Å². The van der Waals surface area contributed by atoms with Crippen molar-refractivity contribution < 1.29 is 18.3 Å². The summed E-state index contributed by atoms with van der Waals surface area (Å²) in [7, 11) is 1.65. The first kappa shape index (κ1) is 13.9. The van der Waals surface area contributed by atoms with Gasteiger partial charge in [0.25, 0.3) is 0 Å². The lowest BCUT2D eigenvalue weighted by molar-refractivity contribution is 0.198. The number of hydrogen-bond acceptors (Lipinski definition) is 3. The van der Waals surface area contributed by atoms with Crippen LogP contribution in [0.4, 0.5) is 8.78 Å². The molecule has 0 bridgehead atoms. The minimum atomic E-state index is -0.888. The molecule has 0 heterocycles. The standard InChI is InChI=1S/C12H17F2NO2/c1-16-8-6-15-5-2-7-17-10-3-4-11(13)12(14)9-10/h3-4,9,15H,2,5-8H2,1H3. The zero-order valence-corrected chi connectivity index (χ0v) is 9.84. The molecular weight excluding hydrogens is 228 g/mol. The van der Waals surface area contributed by atoms with Crippen molar-refractivity contribution in [1.82, 2.24) is 5.32 Å². The Balaban J connectivity index is 2.11. The molecule has 0 aromatic heterocycles. The van der Waals surface area contributed by atoms with E-state index in [-0.39, 0.29) is 0 Å². The van der Waals surface area contributed by atoms with Crippen LogP contribution in [0, 0.1) is 11.6 Å². The highest BCUT2D eigenvalue weighted by molar-refractivity contribution is 5.23. The van der Waals surface area contributed by atoms with E-state index in [0.29, 0.717) is 19.0 Å². The largest absolute Gasteiger partial charge is 0.493 e. The highest BCUT2D eigenvalue weighted by Gasteiger charge is 2.02. The van der Waals surface area contributed by atoms with Gasteiger partial charge in [0.1, 0.15) is 5.75 Å². The quantitative estimate of drug-likeness (QED) is 0.710. The highest BCUT2D eigenvalue weighted by atomic mass is 19.2. The zero-order chi connectivity index (χ0) is 12.5. The summed E-state index contributed by atoms with van der Waals surface area (Å²) in [4.78, 5) is 0. The van der Waals surface area contributed by atoms with E-state index in [9.17, 15) is 8.78 Å². The van der Waals surface area contributed by atoms with E-state index in [1.54, 1.807) is 7.11 Å². The van der Waals surface area contributed by atoms with E-state index < -0.39 is 11.6 Å². The van der Waals surface area contributed by atoms with Gasteiger partial charge in [-0.15, -0.1) is 0 Å². The van der Waals surface area contributed by atoms with Crippen LogP contribution in [0.3, 0.4) is 0 Å². The summed E-state index contributed by atoms with van der Waals surface area (Å²) in [6.07, 6.45) is 0.794. The first-order chi connectivity index (χ1) is 8.24. The Bertz CT molecular complexity index is 334. The Morgan fingerprint density at radius 3 is 2.65 bits per heavy atom. The smallest absolute Gasteiger partial charge is 0.162 e. The molecule has 0 aliphatic carbocycles. The normalized spacial score (nSPS) is 10.5. The second kappa shape index (κ2) is 7.97. The predicted octanol–water partition coefficient (Wildman–Crippen LogP) is 1.97. The van der Waals surface area contributed by atoms with Gasteiger partial charge in [-0.3, -0.25) is 0 Å². The summed E-state index contributed by atoms with van der Waals surface area (Å²) in [5.74, 6) is -1.40. The molecule has 5 heteroatoms. The first-order valence-corrected chi connectivity index (χ1v) is 5.51. The van der Waals surface area contributed by atoms with E-state index in [0.717, 1.165) is 31.6 Å². The molecule has 17 heavy (non-hydrogen) atoms. The van der Waals surface area contributed by atoms with Crippen LogP contribution < -0.4 is 10.1 Å². The molecule has 0 aliphatic rings. The fourth-order valence-corrected chi connectivity index (χ4v) is 1.25. The van der Waals surface area contributed by atoms with Gasteiger partial charge in [-0.05, 0) is 25.1 Å². The maximum atomic E-state index is 12.8. The Labute approximate surface area is 99.7 Å². The van der Waals surface area contributed by atoms with E-state index >= 15 is 0 Å². The van der Waals surface area contributed by atoms with Crippen molar-refractivity contribution >= 4 is 0 Å². The van der Waals surface area contributed by atoms with Crippen LogP contribution in [-0.4, -0.2) is 33.4 Å². The van der Waals surface area contributed by atoms with E-state index in [4.69, 9.17) is 9.47 Å². The molecule has 0 atom stereocenters. The average Bonchev–Trinajstić information content (AvgIpc) is 2.32. The molecule has 0 saturated carbocycles. The Kier molecular flexibility index (Phi) is 6.50. The highest BCUT2D eigenvalue weighted by Crippen LogP contribution is 2.15. The van der Waals surface area contributed by atoms with Gasteiger partial charge in [0.2, 0.25) is 0 Å². The molecule has 1 aromatic carbocycles.